The predicted octanol–water partition coefficient (Wildman–Crippen LogP) is 3.13. The molecule has 0 bridgehead atoms. The molecular formula is C16H18ClFN2O3S2. The molecule has 2 fully saturated rings. The molecule has 2 aliphatic heterocycles. The van der Waals surface area contributed by atoms with Crippen molar-refractivity contribution in [2.24, 2.45) is 10.4 Å². The Labute approximate surface area is 155 Å². The summed E-state index contributed by atoms with van der Waals surface area (Å²) in [5.41, 5.74) is -0.118. The molecule has 5 nitrogen and oxygen atoms in total. The van der Waals surface area contributed by atoms with Crippen LogP contribution in [0.5, 0.6) is 0 Å². The number of hydrogen-bond acceptors (Lipinski definition) is 4. The number of nitrogens with zero attached hydrogens (tertiary/aromatic N) is 2. The lowest BCUT2D eigenvalue weighted by Crippen LogP contribution is -2.38. The standard InChI is InChI=1S/C16H18ClFN2O3S2/c1-16(2,3)14(21)19-15-20(9-4-5-11(18)10(17)6-9)12-7-25(22,23)8-13(12)24-15/h4-6,12-13H,7-8H2,1-3H3/t12-,13-/m0/s1. The van der Waals surface area contributed by atoms with Crippen LogP contribution in [-0.2, 0) is 14.6 Å². The van der Waals surface area contributed by atoms with Gasteiger partial charge in [-0.15, -0.1) is 0 Å². The Kier molecular flexibility index (Phi) is 4.66. The number of sulfone groups is 1. The molecule has 25 heavy (non-hydrogen) atoms. The first-order chi connectivity index (χ1) is 11.5. The first-order valence-corrected chi connectivity index (χ1v) is 10.8. The van der Waals surface area contributed by atoms with E-state index < -0.39 is 21.1 Å². The quantitative estimate of drug-likeness (QED) is 0.719. The lowest BCUT2D eigenvalue weighted by Gasteiger charge is -2.25. The Bertz CT molecular complexity index is 865. The Balaban J connectivity index is 2.05. The lowest BCUT2D eigenvalue weighted by atomic mass is 9.96. The molecule has 0 aromatic heterocycles. The van der Waals surface area contributed by atoms with Gasteiger partial charge in [-0.25, -0.2) is 12.8 Å². The van der Waals surface area contributed by atoms with Crippen molar-refractivity contribution in [1.82, 2.24) is 0 Å². The SMILES string of the molecule is CC(C)(C)C(=O)N=C1S[C@H]2CS(=O)(=O)C[C@@H]2N1c1ccc(F)c(Cl)c1. The number of carbonyl (C=O) groups excluding carboxylic acids is 1. The van der Waals surface area contributed by atoms with Crippen molar-refractivity contribution in [1.29, 1.82) is 0 Å². The normalized spacial score (nSPS) is 26.9. The van der Waals surface area contributed by atoms with Crippen LogP contribution >= 0.6 is 23.4 Å². The summed E-state index contributed by atoms with van der Waals surface area (Å²) in [6, 6.07) is 3.83. The van der Waals surface area contributed by atoms with E-state index in [0.717, 1.165) is 0 Å². The molecule has 1 aromatic carbocycles. The van der Waals surface area contributed by atoms with Crippen molar-refractivity contribution in [3.63, 3.8) is 0 Å². The van der Waals surface area contributed by atoms with Crippen LogP contribution < -0.4 is 4.90 Å². The first-order valence-electron chi connectivity index (χ1n) is 7.72. The highest BCUT2D eigenvalue weighted by Gasteiger charge is 2.49. The zero-order valence-electron chi connectivity index (χ0n) is 14.0. The minimum absolute atomic E-state index is 0.0254. The number of aliphatic imine (C=N–C) groups is 1. The molecule has 2 atom stereocenters. The van der Waals surface area contributed by atoms with E-state index in [0.29, 0.717) is 10.9 Å². The molecule has 0 spiro atoms. The van der Waals surface area contributed by atoms with E-state index in [1.165, 1.54) is 30.0 Å². The fourth-order valence-corrected chi connectivity index (χ4v) is 6.84. The number of hydrogen-bond donors (Lipinski definition) is 0. The van der Waals surface area contributed by atoms with Gasteiger partial charge in [0.2, 0.25) is 0 Å². The van der Waals surface area contributed by atoms with Crippen LogP contribution in [0, 0.1) is 11.2 Å². The van der Waals surface area contributed by atoms with E-state index in [1.807, 2.05) is 0 Å². The number of benzene rings is 1. The Hall–Kier alpha value is -1.12. The number of amides is 1. The van der Waals surface area contributed by atoms with Crippen LogP contribution in [-0.4, -0.2) is 42.3 Å². The van der Waals surface area contributed by atoms with Crippen LogP contribution in [0.4, 0.5) is 10.1 Å². The van der Waals surface area contributed by atoms with Crippen molar-refractivity contribution < 1.29 is 17.6 Å². The molecule has 1 aromatic rings. The fraction of sp³-hybridized carbons (Fsp3) is 0.500. The maximum atomic E-state index is 13.5. The zero-order valence-corrected chi connectivity index (χ0v) is 16.4. The van der Waals surface area contributed by atoms with E-state index in [-0.39, 0.29) is 33.7 Å². The Morgan fingerprint density at radius 3 is 2.64 bits per heavy atom. The number of amidine groups is 1. The van der Waals surface area contributed by atoms with E-state index in [4.69, 9.17) is 11.6 Å². The highest BCUT2D eigenvalue weighted by Crippen LogP contribution is 2.42. The zero-order chi connectivity index (χ0) is 18.6. The molecule has 1 amide bonds. The van der Waals surface area contributed by atoms with Gasteiger partial charge >= 0.3 is 0 Å². The molecule has 0 aliphatic carbocycles. The summed E-state index contributed by atoms with van der Waals surface area (Å²) >= 11 is 7.16. The molecule has 136 valence electrons. The predicted molar refractivity (Wildman–Crippen MR) is 99.6 cm³/mol. The molecule has 9 heteroatoms. The third kappa shape index (κ3) is 3.71. The van der Waals surface area contributed by atoms with Crippen LogP contribution in [0.2, 0.25) is 5.02 Å². The maximum Gasteiger partial charge on any atom is 0.253 e. The maximum absolute atomic E-state index is 13.5. The van der Waals surface area contributed by atoms with Crippen LogP contribution in [0.15, 0.2) is 23.2 Å². The highest BCUT2D eigenvalue weighted by atomic mass is 35.5. The van der Waals surface area contributed by atoms with Gasteiger partial charge in [-0.05, 0) is 18.2 Å². The molecule has 2 aliphatic rings. The molecule has 2 heterocycles. The van der Waals surface area contributed by atoms with Crippen molar-refractivity contribution >= 4 is 50.0 Å². The minimum Gasteiger partial charge on any atom is -0.316 e. The third-order valence-corrected chi connectivity index (χ3v) is 7.59. The van der Waals surface area contributed by atoms with Gasteiger partial charge in [0.05, 0.1) is 22.6 Å². The second-order valence-corrected chi connectivity index (χ2v) is 11.0. The van der Waals surface area contributed by atoms with Gasteiger partial charge in [0.15, 0.2) is 15.0 Å². The van der Waals surface area contributed by atoms with Gasteiger partial charge in [-0.2, -0.15) is 4.99 Å². The van der Waals surface area contributed by atoms with E-state index in [9.17, 15) is 17.6 Å². The molecule has 0 unspecified atom stereocenters. The summed E-state index contributed by atoms with van der Waals surface area (Å²) in [5.74, 6) is -0.841. The third-order valence-electron chi connectivity index (χ3n) is 4.09. The van der Waals surface area contributed by atoms with Crippen LogP contribution in [0.3, 0.4) is 0 Å². The van der Waals surface area contributed by atoms with Crippen molar-refractivity contribution in [2.45, 2.75) is 32.1 Å². The lowest BCUT2D eigenvalue weighted by molar-refractivity contribution is -0.124. The topological polar surface area (TPSA) is 66.8 Å². The summed E-state index contributed by atoms with van der Waals surface area (Å²) in [6.07, 6.45) is 0. The van der Waals surface area contributed by atoms with Crippen molar-refractivity contribution in [2.75, 3.05) is 16.4 Å². The van der Waals surface area contributed by atoms with Gasteiger partial charge in [0, 0.05) is 16.4 Å². The van der Waals surface area contributed by atoms with Gasteiger partial charge in [-0.1, -0.05) is 44.1 Å². The Morgan fingerprint density at radius 1 is 1.36 bits per heavy atom. The molecule has 0 saturated carbocycles. The van der Waals surface area contributed by atoms with Crippen molar-refractivity contribution in [3.8, 4) is 0 Å². The number of halogens is 2. The number of thioether (sulfide) groups is 1. The summed E-state index contributed by atoms with van der Waals surface area (Å²) in [7, 11) is -3.15. The second kappa shape index (κ2) is 6.25. The monoisotopic (exact) mass is 404 g/mol. The average Bonchev–Trinajstić information content (AvgIpc) is 2.92. The summed E-state index contributed by atoms with van der Waals surface area (Å²) in [6.45, 7) is 5.30. The van der Waals surface area contributed by atoms with Gasteiger partial charge in [0.1, 0.15) is 5.82 Å². The highest BCUT2D eigenvalue weighted by molar-refractivity contribution is 8.16. The second-order valence-electron chi connectivity index (χ2n) is 7.22. The number of carbonyl (C=O) groups is 1. The smallest absolute Gasteiger partial charge is 0.253 e. The van der Waals surface area contributed by atoms with E-state index in [2.05, 4.69) is 4.99 Å². The summed E-state index contributed by atoms with van der Waals surface area (Å²) in [5, 5.41) is 0.168. The number of anilines is 1. The molecule has 0 radical (unpaired) electrons. The van der Waals surface area contributed by atoms with Gasteiger partial charge < -0.3 is 4.90 Å². The summed E-state index contributed by atoms with van der Waals surface area (Å²) in [4.78, 5) is 18.3. The molecule has 3 rings (SSSR count). The molecular weight excluding hydrogens is 387 g/mol. The Morgan fingerprint density at radius 2 is 2.04 bits per heavy atom. The molecule has 0 N–H and O–H groups in total. The van der Waals surface area contributed by atoms with Gasteiger partial charge in [-0.3, -0.25) is 4.79 Å². The van der Waals surface area contributed by atoms with Crippen LogP contribution in [0.25, 0.3) is 0 Å². The summed E-state index contributed by atoms with van der Waals surface area (Å²) < 4.78 is 37.5. The fourth-order valence-electron chi connectivity index (χ4n) is 2.76. The number of rotatable bonds is 1. The van der Waals surface area contributed by atoms with E-state index in [1.54, 1.807) is 25.7 Å². The van der Waals surface area contributed by atoms with Gasteiger partial charge in [0.25, 0.3) is 5.91 Å². The van der Waals surface area contributed by atoms with Crippen LogP contribution in [0.1, 0.15) is 20.8 Å². The largest absolute Gasteiger partial charge is 0.316 e. The first kappa shape index (κ1) is 18.7. The number of fused-ring (bicyclic) bond motifs is 1. The minimum atomic E-state index is -3.15. The molecule has 2 saturated heterocycles. The van der Waals surface area contributed by atoms with E-state index >= 15 is 0 Å². The average molecular weight is 405 g/mol. The van der Waals surface area contributed by atoms with Crippen molar-refractivity contribution in [3.05, 3.63) is 29.0 Å².